The fraction of sp³-hybridized carbons (Fsp3) is 0.455. The lowest BCUT2D eigenvalue weighted by Gasteiger charge is -2.17. The first-order valence-corrected chi connectivity index (χ1v) is 5.60. The van der Waals surface area contributed by atoms with Gasteiger partial charge >= 0.3 is 0 Å². The van der Waals surface area contributed by atoms with Gasteiger partial charge < -0.3 is 15.4 Å². The van der Waals surface area contributed by atoms with Crippen molar-refractivity contribution in [2.24, 2.45) is 0 Å². The van der Waals surface area contributed by atoms with E-state index in [1.165, 1.54) is 12.1 Å². The van der Waals surface area contributed by atoms with E-state index < -0.39 is 0 Å². The van der Waals surface area contributed by atoms with Crippen LogP contribution in [0.4, 0.5) is 5.82 Å². The number of ether oxygens (including phenoxy) is 1. The molecule has 0 saturated heterocycles. The highest BCUT2D eigenvalue weighted by atomic mass is 35.5. The molecule has 94 valence electrons. The molecule has 1 aromatic heterocycles. The van der Waals surface area contributed by atoms with Crippen LogP contribution in [-0.4, -0.2) is 43.1 Å². The zero-order chi connectivity index (χ0) is 12.8. The lowest BCUT2D eigenvalue weighted by molar-refractivity contribution is 0.0779. The minimum absolute atomic E-state index is 0.128. The van der Waals surface area contributed by atoms with E-state index in [-0.39, 0.29) is 16.9 Å². The molecule has 0 aromatic carbocycles. The van der Waals surface area contributed by atoms with E-state index in [0.29, 0.717) is 18.7 Å². The third kappa shape index (κ3) is 4.20. The van der Waals surface area contributed by atoms with Gasteiger partial charge in [-0.1, -0.05) is 11.6 Å². The van der Waals surface area contributed by atoms with E-state index in [1.807, 2.05) is 0 Å². The summed E-state index contributed by atoms with van der Waals surface area (Å²) in [5.74, 6) is 0.114. The molecule has 1 rings (SSSR count). The Labute approximate surface area is 106 Å². The van der Waals surface area contributed by atoms with Crippen LogP contribution in [0.25, 0.3) is 0 Å². The van der Waals surface area contributed by atoms with Crippen LogP contribution in [-0.2, 0) is 4.74 Å². The molecule has 1 aromatic rings. The molecule has 5 nitrogen and oxygen atoms in total. The number of nitrogens with zero attached hydrogens (tertiary/aromatic N) is 2. The molecule has 0 aliphatic carbocycles. The number of hydrogen-bond acceptors (Lipinski definition) is 4. The molecule has 0 bridgehead atoms. The van der Waals surface area contributed by atoms with Crippen molar-refractivity contribution in [3.8, 4) is 0 Å². The Hall–Kier alpha value is -1.33. The number of carbonyl (C=O) groups is 1. The Morgan fingerprint density at radius 1 is 1.59 bits per heavy atom. The average Bonchev–Trinajstić information content (AvgIpc) is 2.27. The van der Waals surface area contributed by atoms with E-state index in [0.717, 1.165) is 6.42 Å². The number of rotatable bonds is 5. The molecule has 0 spiro atoms. The van der Waals surface area contributed by atoms with E-state index in [9.17, 15) is 4.79 Å². The number of hydrogen-bond donors (Lipinski definition) is 1. The Balaban J connectivity index is 2.68. The number of aromatic nitrogens is 1. The molecule has 6 heteroatoms. The van der Waals surface area contributed by atoms with E-state index in [1.54, 1.807) is 19.1 Å². The van der Waals surface area contributed by atoms with Gasteiger partial charge in [-0.3, -0.25) is 4.79 Å². The minimum Gasteiger partial charge on any atom is -0.385 e. The Morgan fingerprint density at radius 3 is 2.88 bits per heavy atom. The topological polar surface area (TPSA) is 68.5 Å². The van der Waals surface area contributed by atoms with Crippen LogP contribution in [0, 0.1) is 0 Å². The third-order valence-corrected chi connectivity index (χ3v) is 2.44. The first kappa shape index (κ1) is 13.7. The minimum atomic E-state index is -0.128. The molecular formula is C11H16ClN3O2. The largest absolute Gasteiger partial charge is 0.385 e. The third-order valence-electron chi connectivity index (χ3n) is 2.25. The monoisotopic (exact) mass is 257 g/mol. The molecular weight excluding hydrogens is 242 g/mol. The number of methoxy groups -OCH3 is 1. The summed E-state index contributed by atoms with van der Waals surface area (Å²) in [5.41, 5.74) is 5.98. The molecule has 2 N–H and O–H groups in total. The summed E-state index contributed by atoms with van der Waals surface area (Å²) in [6.45, 7) is 1.24. The van der Waals surface area contributed by atoms with Crippen LogP contribution in [0.2, 0.25) is 5.15 Å². The van der Waals surface area contributed by atoms with Gasteiger partial charge in [0.25, 0.3) is 5.91 Å². The zero-order valence-electron chi connectivity index (χ0n) is 9.94. The van der Waals surface area contributed by atoms with Gasteiger partial charge in [0.2, 0.25) is 0 Å². The fourth-order valence-electron chi connectivity index (χ4n) is 1.41. The standard InChI is InChI=1S/C11H16ClN3O2/c1-15(4-3-5-17-2)11(16)8-6-9(12)14-10(13)7-8/h6-7H,3-5H2,1-2H3,(H2,13,14). The second kappa shape index (κ2) is 6.42. The van der Waals surface area contributed by atoms with Crippen LogP contribution in [0.15, 0.2) is 12.1 Å². The normalized spacial score (nSPS) is 10.3. The lowest BCUT2D eigenvalue weighted by atomic mass is 10.2. The van der Waals surface area contributed by atoms with Gasteiger partial charge in [0.15, 0.2) is 0 Å². The molecule has 0 aliphatic heterocycles. The fourth-order valence-corrected chi connectivity index (χ4v) is 1.62. The molecule has 1 heterocycles. The summed E-state index contributed by atoms with van der Waals surface area (Å²) in [5, 5.41) is 0.221. The Kier molecular flexibility index (Phi) is 5.18. The average molecular weight is 258 g/mol. The van der Waals surface area contributed by atoms with Gasteiger partial charge in [-0.2, -0.15) is 0 Å². The second-order valence-electron chi connectivity index (χ2n) is 3.68. The van der Waals surface area contributed by atoms with Crippen LogP contribution in [0.3, 0.4) is 0 Å². The van der Waals surface area contributed by atoms with Gasteiger partial charge in [0, 0.05) is 32.9 Å². The molecule has 0 unspecified atom stereocenters. The Bertz CT molecular complexity index is 378. The quantitative estimate of drug-likeness (QED) is 0.640. The van der Waals surface area contributed by atoms with Crippen molar-refractivity contribution in [1.29, 1.82) is 0 Å². The Morgan fingerprint density at radius 2 is 2.29 bits per heavy atom. The maximum absolute atomic E-state index is 12.0. The first-order valence-electron chi connectivity index (χ1n) is 5.22. The van der Waals surface area contributed by atoms with Gasteiger partial charge in [0.1, 0.15) is 11.0 Å². The van der Waals surface area contributed by atoms with Crippen molar-refractivity contribution >= 4 is 23.3 Å². The van der Waals surface area contributed by atoms with E-state index in [4.69, 9.17) is 22.1 Å². The SMILES string of the molecule is COCCCN(C)C(=O)c1cc(N)nc(Cl)c1. The smallest absolute Gasteiger partial charge is 0.253 e. The number of anilines is 1. The molecule has 0 atom stereocenters. The second-order valence-corrected chi connectivity index (χ2v) is 4.06. The summed E-state index contributed by atoms with van der Waals surface area (Å²) in [6.07, 6.45) is 0.785. The summed E-state index contributed by atoms with van der Waals surface area (Å²) < 4.78 is 4.93. The van der Waals surface area contributed by atoms with Gasteiger partial charge in [-0.15, -0.1) is 0 Å². The predicted molar refractivity (Wildman–Crippen MR) is 67.1 cm³/mol. The van der Waals surface area contributed by atoms with Crippen molar-refractivity contribution < 1.29 is 9.53 Å². The van der Waals surface area contributed by atoms with Gasteiger partial charge in [-0.05, 0) is 18.6 Å². The van der Waals surface area contributed by atoms with Crippen molar-refractivity contribution in [3.05, 3.63) is 22.8 Å². The van der Waals surface area contributed by atoms with Crippen molar-refractivity contribution in [2.75, 3.05) is 33.0 Å². The lowest BCUT2D eigenvalue weighted by Crippen LogP contribution is -2.28. The summed E-state index contributed by atoms with van der Waals surface area (Å²) >= 11 is 5.74. The number of pyridine rings is 1. The molecule has 1 amide bonds. The highest BCUT2D eigenvalue weighted by molar-refractivity contribution is 6.29. The van der Waals surface area contributed by atoms with Crippen LogP contribution in [0.5, 0.6) is 0 Å². The number of halogens is 1. The maximum atomic E-state index is 12.0. The molecule has 0 radical (unpaired) electrons. The number of nitrogen functional groups attached to an aromatic ring is 1. The number of amides is 1. The number of carbonyl (C=O) groups excluding carboxylic acids is 1. The molecule has 0 aliphatic rings. The molecule has 17 heavy (non-hydrogen) atoms. The predicted octanol–water partition coefficient (Wildman–Crippen LogP) is 1.43. The van der Waals surface area contributed by atoms with Crippen LogP contribution < -0.4 is 5.73 Å². The van der Waals surface area contributed by atoms with Crippen molar-refractivity contribution in [1.82, 2.24) is 9.88 Å². The summed E-state index contributed by atoms with van der Waals surface area (Å²) in [4.78, 5) is 17.4. The summed E-state index contributed by atoms with van der Waals surface area (Å²) in [6, 6.07) is 3.02. The highest BCUT2D eigenvalue weighted by Crippen LogP contribution is 2.13. The van der Waals surface area contributed by atoms with Gasteiger partial charge in [0.05, 0.1) is 0 Å². The van der Waals surface area contributed by atoms with Crippen molar-refractivity contribution in [2.45, 2.75) is 6.42 Å². The van der Waals surface area contributed by atoms with Crippen LogP contribution in [0.1, 0.15) is 16.8 Å². The molecule has 0 saturated carbocycles. The highest BCUT2D eigenvalue weighted by Gasteiger charge is 2.12. The summed E-state index contributed by atoms with van der Waals surface area (Å²) in [7, 11) is 3.35. The zero-order valence-corrected chi connectivity index (χ0v) is 10.7. The first-order chi connectivity index (χ1) is 8.04. The molecule has 0 fully saturated rings. The van der Waals surface area contributed by atoms with Crippen molar-refractivity contribution in [3.63, 3.8) is 0 Å². The van der Waals surface area contributed by atoms with Crippen LogP contribution >= 0.6 is 11.6 Å². The van der Waals surface area contributed by atoms with E-state index >= 15 is 0 Å². The number of nitrogens with two attached hydrogens (primary N) is 1. The van der Waals surface area contributed by atoms with Gasteiger partial charge in [-0.25, -0.2) is 4.98 Å². The van der Waals surface area contributed by atoms with E-state index in [2.05, 4.69) is 4.98 Å². The maximum Gasteiger partial charge on any atom is 0.253 e.